The van der Waals surface area contributed by atoms with Gasteiger partial charge in [-0.3, -0.25) is 4.79 Å². The summed E-state index contributed by atoms with van der Waals surface area (Å²) >= 11 is 0. The van der Waals surface area contributed by atoms with Gasteiger partial charge in [-0.1, -0.05) is 0 Å². The minimum atomic E-state index is -0.518. The third kappa shape index (κ3) is 2.08. The molecule has 0 aromatic carbocycles. The summed E-state index contributed by atoms with van der Waals surface area (Å²) in [6, 6.07) is 0. The maximum absolute atomic E-state index is 10.9. The van der Waals surface area contributed by atoms with Gasteiger partial charge in [0.2, 0.25) is 0 Å². The van der Waals surface area contributed by atoms with Crippen LogP contribution in [0.3, 0.4) is 0 Å². The Morgan fingerprint density at radius 1 is 1.31 bits per heavy atom. The molecule has 0 aliphatic carbocycles. The standard InChI is InChI=1S/C8H8N2O3/c1-5(11)7-9-3-6(4-10-7)8(12)13-2/h3-4H,1-2H3. The zero-order chi connectivity index (χ0) is 9.84. The summed E-state index contributed by atoms with van der Waals surface area (Å²) in [5.41, 5.74) is 0.229. The summed E-state index contributed by atoms with van der Waals surface area (Å²) < 4.78 is 4.43. The van der Waals surface area contributed by atoms with E-state index < -0.39 is 5.97 Å². The van der Waals surface area contributed by atoms with Gasteiger partial charge in [-0.25, -0.2) is 14.8 Å². The Bertz CT molecular complexity index is 332. The van der Waals surface area contributed by atoms with Gasteiger partial charge in [0.1, 0.15) is 0 Å². The summed E-state index contributed by atoms with van der Waals surface area (Å²) in [6.07, 6.45) is 2.52. The van der Waals surface area contributed by atoms with Gasteiger partial charge in [-0.15, -0.1) is 0 Å². The van der Waals surface area contributed by atoms with E-state index in [1.807, 2.05) is 0 Å². The SMILES string of the molecule is COC(=O)c1cnc(C(C)=O)nc1. The first-order chi connectivity index (χ1) is 6.15. The molecule has 0 unspecified atom stereocenters. The van der Waals surface area contributed by atoms with Gasteiger partial charge in [0, 0.05) is 19.3 Å². The van der Waals surface area contributed by atoms with Crippen LogP contribution in [0.15, 0.2) is 12.4 Å². The number of Topliss-reactive ketones (excluding diaryl/α,β-unsaturated/α-hetero) is 1. The third-order valence-electron chi connectivity index (χ3n) is 1.39. The van der Waals surface area contributed by atoms with E-state index in [1.165, 1.54) is 26.4 Å². The molecule has 68 valence electrons. The molecule has 0 spiro atoms. The zero-order valence-electron chi connectivity index (χ0n) is 7.27. The summed E-state index contributed by atoms with van der Waals surface area (Å²) in [5, 5.41) is 0. The summed E-state index contributed by atoms with van der Waals surface area (Å²) in [6.45, 7) is 1.35. The zero-order valence-corrected chi connectivity index (χ0v) is 7.27. The highest BCUT2D eigenvalue weighted by molar-refractivity contribution is 5.91. The summed E-state index contributed by atoms with van der Waals surface area (Å²) in [5.74, 6) is -0.667. The summed E-state index contributed by atoms with van der Waals surface area (Å²) in [7, 11) is 1.27. The Balaban J connectivity index is 2.93. The Labute approximate surface area is 74.8 Å². The van der Waals surface area contributed by atoms with Crippen molar-refractivity contribution in [2.75, 3.05) is 7.11 Å². The van der Waals surface area contributed by atoms with Gasteiger partial charge in [-0.2, -0.15) is 0 Å². The number of rotatable bonds is 2. The number of carbonyl (C=O) groups excluding carboxylic acids is 2. The third-order valence-corrected chi connectivity index (χ3v) is 1.39. The molecule has 0 aliphatic rings. The number of esters is 1. The first-order valence-electron chi connectivity index (χ1n) is 3.56. The lowest BCUT2D eigenvalue weighted by Gasteiger charge is -1.97. The highest BCUT2D eigenvalue weighted by Crippen LogP contribution is 1.98. The first-order valence-corrected chi connectivity index (χ1v) is 3.56. The molecule has 0 atom stereocenters. The number of carbonyl (C=O) groups is 2. The molecule has 1 rings (SSSR count). The van der Waals surface area contributed by atoms with Crippen molar-refractivity contribution in [1.82, 2.24) is 9.97 Å². The lowest BCUT2D eigenvalue weighted by molar-refractivity contribution is 0.0599. The highest BCUT2D eigenvalue weighted by Gasteiger charge is 2.07. The van der Waals surface area contributed by atoms with Crippen LogP contribution in [-0.2, 0) is 4.74 Å². The first kappa shape index (κ1) is 9.31. The van der Waals surface area contributed by atoms with E-state index in [4.69, 9.17) is 0 Å². The molecule has 1 heterocycles. The number of nitrogens with zero attached hydrogens (tertiary/aromatic N) is 2. The number of hydrogen-bond acceptors (Lipinski definition) is 5. The van der Waals surface area contributed by atoms with Crippen molar-refractivity contribution in [3.05, 3.63) is 23.8 Å². The van der Waals surface area contributed by atoms with E-state index in [0.29, 0.717) is 0 Å². The second-order valence-corrected chi connectivity index (χ2v) is 2.34. The summed E-state index contributed by atoms with van der Waals surface area (Å²) in [4.78, 5) is 29.0. The largest absolute Gasteiger partial charge is 0.465 e. The number of aromatic nitrogens is 2. The lowest BCUT2D eigenvalue weighted by atomic mass is 10.3. The smallest absolute Gasteiger partial charge is 0.341 e. The molecule has 0 fully saturated rings. The van der Waals surface area contributed by atoms with Crippen molar-refractivity contribution < 1.29 is 14.3 Å². The van der Waals surface area contributed by atoms with Gasteiger partial charge in [0.25, 0.3) is 0 Å². The number of ether oxygens (including phenoxy) is 1. The fourth-order valence-electron chi connectivity index (χ4n) is 0.733. The minimum Gasteiger partial charge on any atom is -0.465 e. The van der Waals surface area contributed by atoms with Crippen molar-refractivity contribution in [2.24, 2.45) is 0 Å². The van der Waals surface area contributed by atoms with Crippen LogP contribution in [0.2, 0.25) is 0 Å². The molecular weight excluding hydrogens is 172 g/mol. The van der Waals surface area contributed by atoms with E-state index in [9.17, 15) is 9.59 Å². The fraction of sp³-hybridized carbons (Fsp3) is 0.250. The van der Waals surface area contributed by atoms with Crippen LogP contribution in [0.1, 0.15) is 27.9 Å². The van der Waals surface area contributed by atoms with Gasteiger partial charge >= 0.3 is 5.97 Å². The van der Waals surface area contributed by atoms with Crippen LogP contribution in [0.25, 0.3) is 0 Å². The molecule has 0 saturated carbocycles. The minimum absolute atomic E-state index is 0.0904. The van der Waals surface area contributed by atoms with Crippen LogP contribution in [0.5, 0.6) is 0 Å². The molecule has 1 aromatic rings. The quantitative estimate of drug-likeness (QED) is 0.488. The molecule has 5 nitrogen and oxygen atoms in total. The molecule has 5 heteroatoms. The lowest BCUT2D eigenvalue weighted by Crippen LogP contribution is -2.06. The predicted octanol–water partition coefficient (Wildman–Crippen LogP) is 0.466. The number of methoxy groups -OCH3 is 1. The van der Waals surface area contributed by atoms with Gasteiger partial charge in [0.05, 0.1) is 12.7 Å². The van der Waals surface area contributed by atoms with Crippen molar-refractivity contribution in [1.29, 1.82) is 0 Å². The highest BCUT2D eigenvalue weighted by atomic mass is 16.5. The van der Waals surface area contributed by atoms with Crippen molar-refractivity contribution in [3.8, 4) is 0 Å². The van der Waals surface area contributed by atoms with Crippen molar-refractivity contribution >= 4 is 11.8 Å². The Morgan fingerprint density at radius 2 is 1.85 bits per heavy atom. The average molecular weight is 180 g/mol. The van der Waals surface area contributed by atoms with E-state index in [2.05, 4.69) is 14.7 Å². The van der Waals surface area contributed by atoms with Gasteiger partial charge < -0.3 is 4.74 Å². The van der Waals surface area contributed by atoms with Crippen molar-refractivity contribution in [3.63, 3.8) is 0 Å². The molecule has 0 amide bonds. The molecule has 0 bridgehead atoms. The van der Waals surface area contributed by atoms with E-state index in [1.54, 1.807) is 0 Å². The van der Waals surface area contributed by atoms with Crippen LogP contribution in [0, 0.1) is 0 Å². The molecule has 13 heavy (non-hydrogen) atoms. The molecule has 0 aliphatic heterocycles. The maximum atomic E-state index is 10.9. The predicted molar refractivity (Wildman–Crippen MR) is 43.4 cm³/mol. The number of ketones is 1. The monoisotopic (exact) mass is 180 g/mol. The second-order valence-electron chi connectivity index (χ2n) is 2.34. The Hall–Kier alpha value is -1.78. The molecule has 0 radical (unpaired) electrons. The Morgan fingerprint density at radius 3 is 2.23 bits per heavy atom. The van der Waals surface area contributed by atoms with Gasteiger partial charge in [-0.05, 0) is 0 Å². The molecule has 0 saturated heterocycles. The molecule has 1 aromatic heterocycles. The average Bonchev–Trinajstić information content (AvgIpc) is 2.17. The van der Waals surface area contributed by atoms with Crippen LogP contribution in [-0.4, -0.2) is 28.8 Å². The van der Waals surface area contributed by atoms with Crippen LogP contribution < -0.4 is 0 Å². The maximum Gasteiger partial charge on any atom is 0.341 e. The second kappa shape index (κ2) is 3.75. The number of hydrogen-bond donors (Lipinski definition) is 0. The normalized spacial score (nSPS) is 9.38. The van der Waals surface area contributed by atoms with Crippen LogP contribution >= 0.6 is 0 Å². The van der Waals surface area contributed by atoms with Gasteiger partial charge in [0.15, 0.2) is 11.6 Å². The van der Waals surface area contributed by atoms with E-state index in [0.717, 1.165) is 0 Å². The van der Waals surface area contributed by atoms with E-state index in [-0.39, 0.29) is 17.2 Å². The molecular formula is C8H8N2O3. The molecule has 0 N–H and O–H groups in total. The Kier molecular flexibility index (Phi) is 2.69. The van der Waals surface area contributed by atoms with Crippen LogP contribution in [0.4, 0.5) is 0 Å². The topological polar surface area (TPSA) is 69.2 Å². The van der Waals surface area contributed by atoms with E-state index >= 15 is 0 Å². The fourth-order valence-corrected chi connectivity index (χ4v) is 0.733. The van der Waals surface area contributed by atoms with Crippen molar-refractivity contribution in [2.45, 2.75) is 6.92 Å².